The highest BCUT2D eigenvalue weighted by Gasteiger charge is 2.37. The summed E-state index contributed by atoms with van der Waals surface area (Å²) in [6.45, 7) is 1.19. The van der Waals surface area contributed by atoms with E-state index < -0.39 is 10.0 Å². The summed E-state index contributed by atoms with van der Waals surface area (Å²) in [5.74, 6) is 0.376. The number of thiophene rings is 1. The number of nitrogens with zero attached hydrogens (tertiary/aromatic N) is 2. The van der Waals surface area contributed by atoms with Crippen LogP contribution in [0.5, 0.6) is 0 Å². The monoisotopic (exact) mass is 489 g/mol. The van der Waals surface area contributed by atoms with Gasteiger partial charge in [-0.3, -0.25) is 4.79 Å². The SMILES string of the molecule is O=C([C@H]1CCCC[C@@H]1c1nc2ccccc2s1)N1CCC(NS(=O)(=O)c2cccs2)CC1. The summed E-state index contributed by atoms with van der Waals surface area (Å²) in [5, 5.41) is 2.85. The summed E-state index contributed by atoms with van der Waals surface area (Å²) < 4.78 is 29.4. The number of piperidine rings is 1. The van der Waals surface area contributed by atoms with E-state index in [4.69, 9.17) is 4.98 Å². The molecule has 0 radical (unpaired) electrons. The van der Waals surface area contributed by atoms with E-state index in [0.717, 1.165) is 36.2 Å². The van der Waals surface area contributed by atoms with E-state index >= 15 is 0 Å². The smallest absolute Gasteiger partial charge is 0.250 e. The second-order valence-electron chi connectivity index (χ2n) is 8.67. The Kier molecular flexibility index (Phi) is 6.33. The van der Waals surface area contributed by atoms with Gasteiger partial charge in [-0.25, -0.2) is 18.1 Å². The third-order valence-corrected chi connectivity index (χ3v) is 10.7. The van der Waals surface area contributed by atoms with Crippen molar-refractivity contribution in [3.63, 3.8) is 0 Å². The summed E-state index contributed by atoms with van der Waals surface area (Å²) in [7, 11) is -3.47. The Bertz CT molecular complexity index is 1150. The van der Waals surface area contributed by atoms with Crippen molar-refractivity contribution in [2.45, 2.75) is 54.7 Å². The van der Waals surface area contributed by atoms with Gasteiger partial charge < -0.3 is 4.90 Å². The van der Waals surface area contributed by atoms with Crippen LogP contribution in [-0.2, 0) is 14.8 Å². The number of hydrogen-bond donors (Lipinski definition) is 1. The average Bonchev–Trinajstić information content (AvgIpc) is 3.49. The van der Waals surface area contributed by atoms with Crippen molar-refractivity contribution < 1.29 is 13.2 Å². The molecule has 1 aliphatic heterocycles. The molecule has 170 valence electrons. The highest BCUT2D eigenvalue weighted by atomic mass is 32.2. The number of thiazole rings is 1. The van der Waals surface area contributed by atoms with Crippen molar-refractivity contribution >= 4 is 48.8 Å². The summed E-state index contributed by atoms with van der Waals surface area (Å²) >= 11 is 2.94. The molecule has 1 saturated heterocycles. The number of fused-ring (bicyclic) bond motifs is 1. The Hall–Kier alpha value is -1.81. The minimum Gasteiger partial charge on any atom is -0.342 e. The molecular weight excluding hydrogens is 462 g/mol. The maximum Gasteiger partial charge on any atom is 0.250 e. The predicted molar refractivity (Wildman–Crippen MR) is 129 cm³/mol. The van der Waals surface area contributed by atoms with Gasteiger partial charge in [0, 0.05) is 31.0 Å². The van der Waals surface area contributed by atoms with Crippen LogP contribution in [0.1, 0.15) is 49.5 Å². The summed E-state index contributed by atoms with van der Waals surface area (Å²) in [6, 6.07) is 11.4. The quantitative estimate of drug-likeness (QED) is 0.568. The molecule has 0 bridgehead atoms. The van der Waals surface area contributed by atoms with Gasteiger partial charge in [0.05, 0.1) is 15.2 Å². The minimum absolute atomic E-state index is 0.0244. The zero-order chi connectivity index (χ0) is 22.1. The van der Waals surface area contributed by atoms with Gasteiger partial charge >= 0.3 is 0 Å². The molecule has 1 saturated carbocycles. The summed E-state index contributed by atoms with van der Waals surface area (Å²) in [5.41, 5.74) is 1.02. The van der Waals surface area contributed by atoms with Crippen molar-refractivity contribution in [1.82, 2.24) is 14.6 Å². The van der Waals surface area contributed by atoms with E-state index in [9.17, 15) is 13.2 Å². The number of hydrogen-bond acceptors (Lipinski definition) is 6. The Morgan fingerprint density at radius 3 is 2.56 bits per heavy atom. The fourth-order valence-corrected chi connectivity index (χ4v) is 8.40. The second-order valence-corrected chi connectivity index (χ2v) is 12.6. The van der Waals surface area contributed by atoms with Gasteiger partial charge in [-0.1, -0.05) is 31.0 Å². The van der Waals surface area contributed by atoms with Crippen molar-refractivity contribution in [2.24, 2.45) is 5.92 Å². The molecule has 1 aromatic carbocycles. The highest BCUT2D eigenvalue weighted by molar-refractivity contribution is 7.91. The van der Waals surface area contributed by atoms with Crippen LogP contribution in [0, 0.1) is 5.92 Å². The fraction of sp³-hybridized carbons (Fsp3) is 0.478. The maximum absolute atomic E-state index is 13.5. The van der Waals surface area contributed by atoms with Gasteiger partial charge in [0.25, 0.3) is 0 Å². The van der Waals surface area contributed by atoms with Crippen molar-refractivity contribution in [3.05, 3.63) is 46.8 Å². The first-order chi connectivity index (χ1) is 15.5. The zero-order valence-electron chi connectivity index (χ0n) is 17.8. The van der Waals surface area contributed by atoms with Gasteiger partial charge in [0.2, 0.25) is 15.9 Å². The third-order valence-electron chi connectivity index (χ3n) is 6.60. The molecule has 3 heterocycles. The molecule has 2 fully saturated rings. The molecule has 3 aromatic rings. The van der Waals surface area contributed by atoms with E-state index in [0.29, 0.717) is 30.1 Å². The molecular formula is C23H27N3O3S3. The lowest BCUT2D eigenvalue weighted by molar-refractivity contribution is -0.138. The van der Waals surface area contributed by atoms with Gasteiger partial charge in [-0.2, -0.15) is 0 Å². The number of carbonyl (C=O) groups is 1. The van der Waals surface area contributed by atoms with Crippen molar-refractivity contribution in [2.75, 3.05) is 13.1 Å². The van der Waals surface area contributed by atoms with Gasteiger partial charge in [0.15, 0.2) is 0 Å². The van der Waals surface area contributed by atoms with Crippen LogP contribution in [0.25, 0.3) is 10.2 Å². The number of carbonyl (C=O) groups excluding carboxylic acids is 1. The van der Waals surface area contributed by atoms with Crippen LogP contribution in [0.3, 0.4) is 0 Å². The molecule has 0 unspecified atom stereocenters. The standard InChI is InChI=1S/C23H27N3O3S3/c27-23(26-13-11-16(12-14-26)25-32(28,29)21-10-5-15-30-21)18-7-2-1-6-17(18)22-24-19-8-3-4-9-20(19)31-22/h3-5,8-10,15-18,25H,1-2,6-7,11-14H2/t17-,18-/m0/s1. The molecule has 1 aliphatic carbocycles. The molecule has 6 nitrogen and oxygen atoms in total. The fourth-order valence-electron chi connectivity index (χ4n) is 4.92. The minimum atomic E-state index is -3.47. The van der Waals surface area contributed by atoms with E-state index in [1.807, 2.05) is 23.1 Å². The second kappa shape index (κ2) is 9.21. The molecule has 2 atom stereocenters. The first kappa shape index (κ1) is 22.0. The number of para-hydroxylation sites is 1. The number of rotatable bonds is 5. The van der Waals surface area contributed by atoms with Crippen LogP contribution in [-0.4, -0.2) is 43.3 Å². The van der Waals surface area contributed by atoms with E-state index in [2.05, 4.69) is 10.8 Å². The van der Waals surface area contributed by atoms with Crippen LogP contribution in [0.2, 0.25) is 0 Å². The normalized spacial score (nSPS) is 22.9. The molecule has 2 aromatic heterocycles. The molecule has 2 aliphatic rings. The Balaban J connectivity index is 1.24. The van der Waals surface area contributed by atoms with Crippen LogP contribution in [0.4, 0.5) is 0 Å². The van der Waals surface area contributed by atoms with Crippen LogP contribution >= 0.6 is 22.7 Å². The topological polar surface area (TPSA) is 79.4 Å². The zero-order valence-corrected chi connectivity index (χ0v) is 20.2. The van der Waals surface area contributed by atoms with Gasteiger partial charge in [0.1, 0.15) is 4.21 Å². The summed E-state index contributed by atoms with van der Waals surface area (Å²) in [6.07, 6.45) is 5.42. The third kappa shape index (κ3) is 4.48. The number of likely N-dealkylation sites (tertiary alicyclic amines) is 1. The Labute approximate surface area is 196 Å². The number of benzene rings is 1. The molecule has 0 spiro atoms. The number of nitrogens with one attached hydrogen (secondary N) is 1. The highest BCUT2D eigenvalue weighted by Crippen LogP contribution is 2.42. The predicted octanol–water partition coefficient (Wildman–Crippen LogP) is 4.60. The number of amides is 1. The lowest BCUT2D eigenvalue weighted by Gasteiger charge is -2.37. The maximum atomic E-state index is 13.5. The first-order valence-electron chi connectivity index (χ1n) is 11.2. The van der Waals surface area contributed by atoms with Gasteiger partial charge in [-0.05, 0) is 49.3 Å². The Morgan fingerprint density at radius 2 is 1.81 bits per heavy atom. The Morgan fingerprint density at radius 1 is 1.03 bits per heavy atom. The molecule has 32 heavy (non-hydrogen) atoms. The molecule has 1 N–H and O–H groups in total. The largest absolute Gasteiger partial charge is 0.342 e. The molecule has 9 heteroatoms. The number of aromatic nitrogens is 1. The van der Waals surface area contributed by atoms with Crippen molar-refractivity contribution in [3.8, 4) is 0 Å². The van der Waals surface area contributed by atoms with Gasteiger partial charge in [-0.15, -0.1) is 22.7 Å². The van der Waals surface area contributed by atoms with Crippen LogP contribution < -0.4 is 4.72 Å². The van der Waals surface area contributed by atoms with Crippen LogP contribution in [0.15, 0.2) is 46.0 Å². The van der Waals surface area contributed by atoms with E-state index in [-0.39, 0.29) is 23.8 Å². The summed E-state index contributed by atoms with van der Waals surface area (Å²) in [4.78, 5) is 20.3. The molecule has 1 amide bonds. The lowest BCUT2D eigenvalue weighted by atomic mass is 9.78. The molecule has 5 rings (SSSR count). The average molecular weight is 490 g/mol. The van der Waals surface area contributed by atoms with E-state index in [1.165, 1.54) is 16.0 Å². The van der Waals surface area contributed by atoms with E-state index in [1.54, 1.807) is 28.8 Å². The number of sulfonamides is 1. The lowest BCUT2D eigenvalue weighted by Crippen LogP contribution is -2.48. The van der Waals surface area contributed by atoms with Crippen molar-refractivity contribution in [1.29, 1.82) is 0 Å². The first-order valence-corrected chi connectivity index (χ1v) is 14.4.